The molecule has 0 unspecified atom stereocenters. The molecule has 1 N–H and O–H groups in total. The number of aliphatic hydroxyl groups excluding tert-OH is 1. The Bertz CT molecular complexity index is 608. The predicted octanol–water partition coefficient (Wildman–Crippen LogP) is 3.23. The monoisotopic (exact) mass is 288 g/mol. The number of nitrogens with zero attached hydrogens (tertiary/aromatic N) is 2. The molecule has 0 aliphatic rings. The molecule has 19 heavy (non-hydrogen) atoms. The van der Waals surface area contributed by atoms with E-state index in [0.29, 0.717) is 5.52 Å². The third kappa shape index (κ3) is 2.82. The van der Waals surface area contributed by atoms with Gasteiger partial charge in [-0.3, -0.25) is 0 Å². The van der Waals surface area contributed by atoms with Crippen LogP contribution in [0.3, 0.4) is 0 Å². The zero-order chi connectivity index (χ0) is 14.2. The lowest BCUT2D eigenvalue weighted by molar-refractivity contribution is 0.132. The average Bonchev–Trinajstić information content (AvgIpc) is 2.64. The van der Waals surface area contributed by atoms with Crippen LogP contribution in [0.2, 0.25) is 0 Å². The largest absolute Gasteiger partial charge is 0.486 e. The number of hydrogen-bond donors (Lipinski definition) is 1. The number of aliphatic hydroxyl groups is 1. The fourth-order valence-electron chi connectivity index (χ4n) is 1.73. The first-order valence-electron chi connectivity index (χ1n) is 5.65. The summed E-state index contributed by atoms with van der Waals surface area (Å²) >= 11 is -0.137. The van der Waals surface area contributed by atoms with Crippen molar-refractivity contribution < 1.29 is 18.1 Å². The fraction of sp³-hybridized carbons (Fsp3) is 0.417. The van der Waals surface area contributed by atoms with Gasteiger partial charge in [0.1, 0.15) is 29.4 Å². The molecule has 0 aliphatic carbocycles. The fourth-order valence-corrected chi connectivity index (χ4v) is 2.12. The lowest BCUT2D eigenvalue weighted by Crippen LogP contribution is -2.23. The van der Waals surface area contributed by atoms with Crippen LogP contribution >= 0.6 is 12.3 Å². The Morgan fingerprint density at radius 2 is 2.11 bits per heavy atom. The van der Waals surface area contributed by atoms with Gasteiger partial charge in [0.2, 0.25) is 0 Å². The van der Waals surface area contributed by atoms with Crippen molar-refractivity contribution in [1.29, 1.82) is 0 Å². The summed E-state index contributed by atoms with van der Waals surface area (Å²) in [7, 11) is 0. The molecule has 104 valence electrons. The smallest absolute Gasteiger partial charge is 0.171 e. The summed E-state index contributed by atoms with van der Waals surface area (Å²) in [5, 5.41) is 9.15. The maximum Gasteiger partial charge on any atom is 0.171 e. The van der Waals surface area contributed by atoms with Crippen molar-refractivity contribution in [3.05, 3.63) is 23.8 Å². The van der Waals surface area contributed by atoms with Gasteiger partial charge in [-0.05, 0) is 20.8 Å². The lowest BCUT2D eigenvalue weighted by atomic mass is 10.2. The quantitative estimate of drug-likeness (QED) is 0.942. The molecule has 1 aromatic heterocycles. The first-order chi connectivity index (χ1) is 8.85. The standard InChI is InChI=1S/C12H14F2N2O2S/c1-12(2,3)18-9-5-7(13)4-8-11(9)15-10(6-17)16(8)19-14/h4-5,17H,6H2,1-3H3. The van der Waals surface area contributed by atoms with Gasteiger partial charge in [0.25, 0.3) is 0 Å². The molecule has 0 atom stereocenters. The van der Waals surface area contributed by atoms with Crippen LogP contribution in [-0.2, 0) is 6.61 Å². The molecule has 7 heteroatoms. The summed E-state index contributed by atoms with van der Waals surface area (Å²) < 4.78 is 33.1. The molecule has 0 radical (unpaired) electrons. The molecule has 4 nitrogen and oxygen atoms in total. The Morgan fingerprint density at radius 3 is 2.63 bits per heavy atom. The highest BCUT2D eigenvalue weighted by molar-refractivity contribution is 7.92. The van der Waals surface area contributed by atoms with Crippen molar-refractivity contribution in [2.75, 3.05) is 0 Å². The number of fused-ring (bicyclic) bond motifs is 1. The molecule has 0 amide bonds. The van der Waals surface area contributed by atoms with Gasteiger partial charge in [-0.15, -0.1) is 3.89 Å². The second-order valence-corrected chi connectivity index (χ2v) is 5.54. The Morgan fingerprint density at radius 1 is 1.42 bits per heavy atom. The van der Waals surface area contributed by atoms with Crippen LogP contribution in [0.25, 0.3) is 11.0 Å². The van der Waals surface area contributed by atoms with E-state index in [2.05, 4.69) is 4.98 Å². The zero-order valence-electron chi connectivity index (χ0n) is 10.8. The van der Waals surface area contributed by atoms with E-state index in [1.807, 2.05) is 20.8 Å². The van der Waals surface area contributed by atoms with Crippen molar-refractivity contribution >= 4 is 23.4 Å². The average molecular weight is 288 g/mol. The number of benzene rings is 1. The van der Waals surface area contributed by atoms with Crippen molar-refractivity contribution in [1.82, 2.24) is 8.96 Å². The maximum atomic E-state index is 13.6. The summed E-state index contributed by atoms with van der Waals surface area (Å²) in [6, 6.07) is 2.36. The van der Waals surface area contributed by atoms with E-state index in [9.17, 15) is 8.28 Å². The first-order valence-corrected chi connectivity index (χ1v) is 6.33. The van der Waals surface area contributed by atoms with E-state index in [-0.39, 0.29) is 29.4 Å². The Hall–Kier alpha value is -1.34. The second kappa shape index (κ2) is 4.97. The molecule has 0 fully saturated rings. The van der Waals surface area contributed by atoms with Crippen LogP contribution in [-0.4, -0.2) is 19.7 Å². The summed E-state index contributed by atoms with van der Waals surface area (Å²) in [5.74, 6) is -0.219. The highest BCUT2D eigenvalue weighted by Gasteiger charge is 2.20. The van der Waals surface area contributed by atoms with Crippen molar-refractivity contribution in [3.63, 3.8) is 0 Å². The van der Waals surface area contributed by atoms with Gasteiger partial charge < -0.3 is 9.84 Å². The van der Waals surface area contributed by atoms with Crippen molar-refractivity contribution in [3.8, 4) is 5.75 Å². The highest BCUT2D eigenvalue weighted by Crippen LogP contribution is 2.32. The number of halogens is 2. The summed E-state index contributed by atoms with van der Waals surface area (Å²) in [4.78, 5) is 4.09. The molecule has 0 saturated heterocycles. The van der Waals surface area contributed by atoms with Crippen LogP contribution in [0.15, 0.2) is 12.1 Å². The topological polar surface area (TPSA) is 47.3 Å². The summed E-state index contributed by atoms with van der Waals surface area (Å²) in [6.45, 7) is 5.01. The molecule has 1 heterocycles. The highest BCUT2D eigenvalue weighted by atomic mass is 32.2. The minimum atomic E-state index is -0.550. The van der Waals surface area contributed by atoms with Crippen LogP contribution in [0.4, 0.5) is 8.28 Å². The van der Waals surface area contributed by atoms with Crippen LogP contribution in [0, 0.1) is 5.82 Å². The van der Waals surface area contributed by atoms with E-state index in [1.165, 1.54) is 6.07 Å². The van der Waals surface area contributed by atoms with E-state index >= 15 is 0 Å². The second-order valence-electron chi connectivity index (χ2n) is 5.04. The van der Waals surface area contributed by atoms with Crippen LogP contribution < -0.4 is 4.74 Å². The Labute approximate surface area is 113 Å². The van der Waals surface area contributed by atoms with Gasteiger partial charge in [0.15, 0.2) is 18.1 Å². The third-order valence-electron chi connectivity index (χ3n) is 2.34. The van der Waals surface area contributed by atoms with Gasteiger partial charge in [-0.2, -0.15) is 0 Å². The molecule has 1 aromatic carbocycles. The number of aromatic nitrogens is 2. The minimum Gasteiger partial charge on any atom is -0.486 e. The Balaban J connectivity index is 2.68. The number of rotatable bonds is 3. The predicted molar refractivity (Wildman–Crippen MR) is 70.1 cm³/mol. The summed E-state index contributed by atoms with van der Waals surface area (Å²) in [5.41, 5.74) is 0.0218. The molecular weight excluding hydrogens is 274 g/mol. The normalized spacial score (nSPS) is 12.1. The third-order valence-corrected chi connectivity index (χ3v) is 2.89. The first kappa shape index (κ1) is 14.1. The number of ether oxygens (including phenoxy) is 1. The lowest BCUT2D eigenvalue weighted by Gasteiger charge is -2.21. The van der Waals surface area contributed by atoms with E-state index in [0.717, 1.165) is 10.0 Å². The van der Waals surface area contributed by atoms with E-state index in [4.69, 9.17) is 9.84 Å². The molecule has 0 aliphatic heterocycles. The summed E-state index contributed by atoms with van der Waals surface area (Å²) in [6.07, 6.45) is 0. The number of imidazole rings is 1. The van der Waals surface area contributed by atoms with E-state index in [1.54, 1.807) is 0 Å². The van der Waals surface area contributed by atoms with Gasteiger partial charge >= 0.3 is 0 Å². The molecule has 0 bridgehead atoms. The van der Waals surface area contributed by atoms with Crippen molar-refractivity contribution in [2.45, 2.75) is 33.0 Å². The molecule has 2 rings (SSSR count). The molecule has 2 aromatic rings. The minimum absolute atomic E-state index is 0.104. The molecular formula is C12H14F2N2O2S. The molecule has 0 spiro atoms. The van der Waals surface area contributed by atoms with Gasteiger partial charge in [0, 0.05) is 12.1 Å². The SMILES string of the molecule is CC(C)(C)Oc1cc(F)cc2c1nc(CO)n2SF. The van der Waals surface area contributed by atoms with Gasteiger partial charge in [0.05, 0.1) is 5.52 Å². The van der Waals surface area contributed by atoms with Gasteiger partial charge in [-0.1, -0.05) is 0 Å². The van der Waals surface area contributed by atoms with Crippen LogP contribution in [0.5, 0.6) is 5.75 Å². The molecule has 0 saturated carbocycles. The van der Waals surface area contributed by atoms with Crippen LogP contribution in [0.1, 0.15) is 26.6 Å². The maximum absolute atomic E-state index is 13.6. The van der Waals surface area contributed by atoms with E-state index < -0.39 is 18.0 Å². The Kier molecular flexibility index (Phi) is 3.69. The number of hydrogen-bond acceptors (Lipinski definition) is 4. The zero-order valence-corrected chi connectivity index (χ0v) is 11.6. The van der Waals surface area contributed by atoms with Gasteiger partial charge in [-0.25, -0.2) is 13.3 Å². The van der Waals surface area contributed by atoms with Crippen molar-refractivity contribution in [2.24, 2.45) is 0 Å².